The normalized spacial score (nSPS) is 17.8. The Bertz CT molecular complexity index is 315. The maximum atomic E-state index is 11.7. The summed E-state index contributed by atoms with van der Waals surface area (Å²) >= 11 is 0. The second-order valence-corrected chi connectivity index (χ2v) is 5.76. The van der Waals surface area contributed by atoms with Crippen LogP contribution < -0.4 is 10.6 Å². The van der Waals surface area contributed by atoms with Crippen LogP contribution in [0.15, 0.2) is 0 Å². The Hall–Kier alpha value is -1.14. The van der Waals surface area contributed by atoms with Crippen LogP contribution in [0.3, 0.4) is 0 Å². The predicted molar refractivity (Wildman–Crippen MR) is 77.3 cm³/mol. The summed E-state index contributed by atoms with van der Waals surface area (Å²) in [6, 6.07) is 0.138. The van der Waals surface area contributed by atoms with E-state index in [1.54, 1.807) is 0 Å². The van der Waals surface area contributed by atoms with Gasteiger partial charge in [0.05, 0.1) is 26.3 Å². The Morgan fingerprint density at radius 3 is 2.40 bits per heavy atom. The van der Waals surface area contributed by atoms with Gasteiger partial charge in [-0.2, -0.15) is 0 Å². The third-order valence-corrected chi connectivity index (χ3v) is 3.15. The van der Waals surface area contributed by atoms with Gasteiger partial charge in [-0.3, -0.25) is 14.5 Å². The van der Waals surface area contributed by atoms with Crippen molar-refractivity contribution in [1.29, 1.82) is 0 Å². The van der Waals surface area contributed by atoms with Crippen LogP contribution >= 0.6 is 0 Å². The van der Waals surface area contributed by atoms with Crippen molar-refractivity contribution in [3.63, 3.8) is 0 Å². The Morgan fingerprint density at radius 2 is 1.80 bits per heavy atom. The second-order valence-electron chi connectivity index (χ2n) is 5.76. The van der Waals surface area contributed by atoms with Gasteiger partial charge in [0.15, 0.2) is 0 Å². The third kappa shape index (κ3) is 7.45. The minimum atomic E-state index is -0.131. The minimum Gasteiger partial charge on any atom is -0.379 e. The van der Waals surface area contributed by atoms with Crippen molar-refractivity contribution in [3.05, 3.63) is 0 Å². The summed E-state index contributed by atoms with van der Waals surface area (Å²) in [6.45, 7) is 9.47. The Kier molecular flexibility index (Phi) is 7.54. The molecule has 1 heterocycles. The van der Waals surface area contributed by atoms with E-state index in [4.69, 9.17) is 4.74 Å². The molecule has 0 aromatic rings. The predicted octanol–water partition coefficient (Wildman–Crippen LogP) is -0.0144. The monoisotopic (exact) mass is 285 g/mol. The summed E-state index contributed by atoms with van der Waals surface area (Å²) in [4.78, 5) is 25.4. The summed E-state index contributed by atoms with van der Waals surface area (Å²) in [6.07, 6.45) is 0.938. The van der Waals surface area contributed by atoms with Gasteiger partial charge in [-0.25, -0.2) is 0 Å². The van der Waals surface area contributed by atoms with E-state index in [0.717, 1.165) is 19.5 Å². The number of carbonyl (C=O) groups excluding carboxylic acids is 2. The summed E-state index contributed by atoms with van der Waals surface area (Å²) in [5.41, 5.74) is 0. The van der Waals surface area contributed by atoms with Gasteiger partial charge in [0.2, 0.25) is 11.8 Å². The first-order valence-electron chi connectivity index (χ1n) is 7.33. The van der Waals surface area contributed by atoms with Gasteiger partial charge in [-0.05, 0) is 19.3 Å². The van der Waals surface area contributed by atoms with Crippen LogP contribution in [0, 0.1) is 5.92 Å². The molecular weight excluding hydrogens is 258 g/mol. The van der Waals surface area contributed by atoms with Crippen molar-refractivity contribution in [2.75, 3.05) is 39.4 Å². The number of morpholine rings is 1. The smallest absolute Gasteiger partial charge is 0.239 e. The van der Waals surface area contributed by atoms with Crippen molar-refractivity contribution in [2.45, 2.75) is 33.2 Å². The summed E-state index contributed by atoms with van der Waals surface area (Å²) in [5.74, 6) is 0.299. The van der Waals surface area contributed by atoms with Gasteiger partial charge in [-0.15, -0.1) is 0 Å². The van der Waals surface area contributed by atoms with Crippen LogP contribution in [0.25, 0.3) is 0 Å². The van der Waals surface area contributed by atoms with E-state index in [1.165, 1.54) is 0 Å². The topological polar surface area (TPSA) is 70.7 Å². The number of nitrogens with zero attached hydrogens (tertiary/aromatic N) is 1. The van der Waals surface area contributed by atoms with Gasteiger partial charge >= 0.3 is 0 Å². The van der Waals surface area contributed by atoms with E-state index in [2.05, 4.69) is 24.5 Å². The molecule has 0 radical (unpaired) electrons. The molecule has 6 nitrogen and oxygen atoms in total. The molecule has 2 N–H and O–H groups in total. The quantitative estimate of drug-likeness (QED) is 0.690. The van der Waals surface area contributed by atoms with Crippen LogP contribution in [0.5, 0.6) is 0 Å². The molecule has 1 saturated heterocycles. The second kappa shape index (κ2) is 8.92. The highest BCUT2D eigenvalue weighted by Gasteiger charge is 2.15. The standard InChI is InChI=1S/C14H27N3O3/c1-11(2)8-12(3)16-13(18)9-15-14(19)10-17-4-6-20-7-5-17/h11-12H,4-10H2,1-3H3,(H,15,19)(H,16,18)/t12-/m1/s1. The number of nitrogens with one attached hydrogen (secondary N) is 2. The Morgan fingerprint density at radius 1 is 1.15 bits per heavy atom. The third-order valence-electron chi connectivity index (χ3n) is 3.15. The molecule has 0 aliphatic carbocycles. The number of ether oxygens (including phenoxy) is 1. The van der Waals surface area contributed by atoms with Crippen molar-refractivity contribution in [2.24, 2.45) is 5.92 Å². The fourth-order valence-electron chi connectivity index (χ4n) is 2.29. The van der Waals surface area contributed by atoms with Gasteiger partial charge in [0, 0.05) is 19.1 Å². The molecule has 6 heteroatoms. The minimum absolute atomic E-state index is 0.0472. The first kappa shape index (κ1) is 16.9. The van der Waals surface area contributed by atoms with Crippen molar-refractivity contribution >= 4 is 11.8 Å². The average molecular weight is 285 g/mol. The maximum Gasteiger partial charge on any atom is 0.239 e. The number of hydrogen-bond acceptors (Lipinski definition) is 4. The highest BCUT2D eigenvalue weighted by atomic mass is 16.5. The van der Waals surface area contributed by atoms with Gasteiger partial charge in [0.25, 0.3) is 0 Å². The highest BCUT2D eigenvalue weighted by Crippen LogP contribution is 2.03. The zero-order valence-electron chi connectivity index (χ0n) is 12.8. The van der Waals surface area contributed by atoms with E-state index in [1.807, 2.05) is 11.8 Å². The molecule has 116 valence electrons. The highest BCUT2D eigenvalue weighted by molar-refractivity contribution is 5.85. The molecule has 0 bridgehead atoms. The van der Waals surface area contributed by atoms with Crippen LogP contribution in [0.2, 0.25) is 0 Å². The van der Waals surface area contributed by atoms with Crippen LogP contribution in [0.1, 0.15) is 27.2 Å². The lowest BCUT2D eigenvalue weighted by atomic mass is 10.1. The molecule has 0 aromatic heterocycles. The lowest BCUT2D eigenvalue weighted by Gasteiger charge is -2.25. The van der Waals surface area contributed by atoms with E-state index in [-0.39, 0.29) is 24.4 Å². The largest absolute Gasteiger partial charge is 0.379 e. The summed E-state index contributed by atoms with van der Waals surface area (Å²) < 4.78 is 5.22. The van der Waals surface area contributed by atoms with E-state index in [0.29, 0.717) is 25.7 Å². The van der Waals surface area contributed by atoms with Crippen LogP contribution in [0.4, 0.5) is 0 Å². The van der Waals surface area contributed by atoms with Gasteiger partial charge < -0.3 is 15.4 Å². The fourth-order valence-corrected chi connectivity index (χ4v) is 2.29. The number of amides is 2. The lowest BCUT2D eigenvalue weighted by Crippen LogP contribution is -2.46. The molecule has 1 fully saturated rings. The van der Waals surface area contributed by atoms with Gasteiger partial charge in [-0.1, -0.05) is 13.8 Å². The Labute approximate surface area is 121 Å². The zero-order chi connectivity index (χ0) is 15.0. The molecule has 0 spiro atoms. The average Bonchev–Trinajstić information content (AvgIpc) is 2.36. The van der Waals surface area contributed by atoms with Crippen LogP contribution in [-0.4, -0.2) is 62.1 Å². The van der Waals surface area contributed by atoms with Crippen molar-refractivity contribution in [3.8, 4) is 0 Å². The molecule has 1 aliphatic heterocycles. The Balaban J connectivity index is 2.14. The molecule has 2 amide bonds. The summed E-state index contributed by atoms with van der Waals surface area (Å²) in [7, 11) is 0. The SMILES string of the molecule is CC(C)C[C@@H](C)NC(=O)CNC(=O)CN1CCOCC1. The fraction of sp³-hybridized carbons (Fsp3) is 0.857. The molecule has 0 unspecified atom stereocenters. The first-order valence-corrected chi connectivity index (χ1v) is 7.33. The number of carbonyl (C=O) groups is 2. The van der Waals surface area contributed by atoms with E-state index >= 15 is 0 Å². The lowest BCUT2D eigenvalue weighted by molar-refractivity contribution is -0.127. The molecule has 20 heavy (non-hydrogen) atoms. The number of hydrogen-bond donors (Lipinski definition) is 2. The number of rotatable bonds is 7. The maximum absolute atomic E-state index is 11.7. The van der Waals surface area contributed by atoms with E-state index < -0.39 is 0 Å². The zero-order valence-corrected chi connectivity index (χ0v) is 12.8. The first-order chi connectivity index (χ1) is 9.47. The van der Waals surface area contributed by atoms with Crippen molar-refractivity contribution in [1.82, 2.24) is 15.5 Å². The molecule has 1 atom stereocenters. The molecule has 1 rings (SSSR count). The molecule has 1 aliphatic rings. The van der Waals surface area contributed by atoms with Crippen molar-refractivity contribution < 1.29 is 14.3 Å². The molecular formula is C14H27N3O3. The van der Waals surface area contributed by atoms with Crippen LogP contribution in [-0.2, 0) is 14.3 Å². The molecule has 0 aromatic carbocycles. The summed E-state index contributed by atoms with van der Waals surface area (Å²) in [5, 5.41) is 5.54. The van der Waals surface area contributed by atoms with Gasteiger partial charge in [0.1, 0.15) is 0 Å². The van der Waals surface area contributed by atoms with E-state index in [9.17, 15) is 9.59 Å². The molecule has 0 saturated carbocycles.